The molecule has 32 heavy (non-hydrogen) atoms. The fourth-order valence-electron chi connectivity index (χ4n) is 4.09. The number of nitrogens with zero attached hydrogens (tertiary/aromatic N) is 4. The van der Waals surface area contributed by atoms with Gasteiger partial charge in [-0.05, 0) is 73.6 Å². The zero-order chi connectivity index (χ0) is 22.5. The number of anilines is 1. The first-order chi connectivity index (χ1) is 15.5. The maximum absolute atomic E-state index is 13.7. The number of amides is 2. The summed E-state index contributed by atoms with van der Waals surface area (Å²) < 4.78 is 3.85. The van der Waals surface area contributed by atoms with Crippen molar-refractivity contribution >= 4 is 29.0 Å². The molecule has 8 heteroatoms. The van der Waals surface area contributed by atoms with E-state index in [4.69, 9.17) is 0 Å². The Kier molecular flexibility index (Phi) is 6.90. The summed E-state index contributed by atoms with van der Waals surface area (Å²) in [5.74, 6) is -0.609. The summed E-state index contributed by atoms with van der Waals surface area (Å²) in [6, 6.07) is 10.4. The average molecular weight is 450 g/mol. The van der Waals surface area contributed by atoms with Crippen LogP contribution in [0.25, 0.3) is 0 Å². The molecule has 0 radical (unpaired) electrons. The van der Waals surface area contributed by atoms with Crippen LogP contribution in [0.4, 0.5) is 5.69 Å². The van der Waals surface area contributed by atoms with Crippen LogP contribution in [0, 0.1) is 13.8 Å². The Morgan fingerprint density at radius 2 is 1.91 bits per heavy atom. The molecular formula is C24H27N5O2S. The number of aryl methyl sites for hydroxylation is 2. The second-order valence-electron chi connectivity index (χ2n) is 8.23. The average Bonchev–Trinajstić information content (AvgIpc) is 3.35. The summed E-state index contributed by atoms with van der Waals surface area (Å²) in [5.41, 5.74) is 3.48. The van der Waals surface area contributed by atoms with Crippen molar-refractivity contribution in [1.82, 2.24) is 19.9 Å². The third-order valence-electron chi connectivity index (χ3n) is 5.99. The van der Waals surface area contributed by atoms with Crippen molar-refractivity contribution in [2.24, 2.45) is 0 Å². The van der Waals surface area contributed by atoms with E-state index >= 15 is 0 Å². The van der Waals surface area contributed by atoms with E-state index in [0.717, 1.165) is 48.3 Å². The molecule has 0 unspecified atom stereocenters. The van der Waals surface area contributed by atoms with E-state index in [1.54, 1.807) is 23.7 Å². The van der Waals surface area contributed by atoms with E-state index in [1.165, 1.54) is 11.3 Å². The molecule has 2 heterocycles. The summed E-state index contributed by atoms with van der Waals surface area (Å²) >= 11 is 1.11. The minimum absolute atomic E-state index is 0.111. The lowest BCUT2D eigenvalue weighted by Gasteiger charge is -2.32. The number of benzene rings is 1. The van der Waals surface area contributed by atoms with Gasteiger partial charge in [0.1, 0.15) is 0 Å². The van der Waals surface area contributed by atoms with Crippen LogP contribution in [0.1, 0.15) is 65.5 Å². The van der Waals surface area contributed by atoms with Gasteiger partial charge in [-0.15, -0.1) is 5.10 Å². The van der Waals surface area contributed by atoms with Crippen molar-refractivity contribution < 1.29 is 9.59 Å². The number of nitrogens with one attached hydrogen (secondary N) is 1. The maximum Gasteiger partial charge on any atom is 0.280 e. The Bertz CT molecular complexity index is 1070. The number of hydrogen-bond donors (Lipinski definition) is 1. The van der Waals surface area contributed by atoms with E-state index < -0.39 is 6.04 Å². The van der Waals surface area contributed by atoms with E-state index in [1.807, 2.05) is 38.1 Å². The molecule has 3 aromatic rings. The number of rotatable bonds is 6. The van der Waals surface area contributed by atoms with Crippen LogP contribution in [-0.4, -0.2) is 32.4 Å². The third kappa shape index (κ3) is 4.85. The Hall–Kier alpha value is -3.13. The highest BCUT2D eigenvalue weighted by molar-refractivity contribution is 7.03. The quantitative estimate of drug-likeness (QED) is 0.603. The third-order valence-corrected chi connectivity index (χ3v) is 6.50. The predicted molar refractivity (Wildman–Crippen MR) is 125 cm³/mol. The van der Waals surface area contributed by atoms with Crippen molar-refractivity contribution in [3.63, 3.8) is 0 Å². The molecule has 4 rings (SSSR count). The highest BCUT2D eigenvalue weighted by atomic mass is 32.1. The highest BCUT2D eigenvalue weighted by Crippen LogP contribution is 2.31. The van der Waals surface area contributed by atoms with Crippen LogP contribution in [0.5, 0.6) is 0 Å². The summed E-state index contributed by atoms with van der Waals surface area (Å²) in [6.07, 6.45) is 6.94. The van der Waals surface area contributed by atoms with Gasteiger partial charge in [-0.25, -0.2) is 0 Å². The van der Waals surface area contributed by atoms with Gasteiger partial charge in [-0.3, -0.25) is 19.5 Å². The van der Waals surface area contributed by atoms with Crippen LogP contribution >= 0.6 is 11.5 Å². The molecule has 1 fully saturated rings. The van der Waals surface area contributed by atoms with Crippen molar-refractivity contribution in [3.8, 4) is 0 Å². The van der Waals surface area contributed by atoms with Gasteiger partial charge in [-0.2, -0.15) is 0 Å². The normalized spacial score (nSPS) is 15.2. The van der Waals surface area contributed by atoms with Crippen LogP contribution in [0.2, 0.25) is 0 Å². The van der Waals surface area contributed by atoms with Gasteiger partial charge in [0, 0.05) is 23.3 Å². The van der Waals surface area contributed by atoms with Crippen LogP contribution < -0.4 is 10.2 Å². The van der Waals surface area contributed by atoms with Crippen molar-refractivity contribution in [3.05, 3.63) is 70.5 Å². The standard InChI is InChI=1S/C24H27N5O2S/c1-16-11-12-19(14-17(16)2)29(24(31)21-15-32-28-27-21)22(20-10-6-7-13-25-20)23(30)26-18-8-4-3-5-9-18/h6-7,10-15,18,22H,3-5,8-9H2,1-2H3,(H,26,30)/t22-/m0/s1. The smallest absolute Gasteiger partial charge is 0.280 e. The lowest BCUT2D eigenvalue weighted by molar-refractivity contribution is -0.123. The molecular weight excluding hydrogens is 422 g/mol. The van der Waals surface area contributed by atoms with Gasteiger partial charge >= 0.3 is 0 Å². The van der Waals surface area contributed by atoms with Gasteiger partial charge in [0.25, 0.3) is 5.91 Å². The van der Waals surface area contributed by atoms with Crippen LogP contribution in [0.15, 0.2) is 48.0 Å². The van der Waals surface area contributed by atoms with Crippen LogP contribution in [0.3, 0.4) is 0 Å². The molecule has 0 spiro atoms. The van der Waals surface area contributed by atoms with Gasteiger partial charge in [0.05, 0.1) is 5.69 Å². The van der Waals surface area contributed by atoms with Crippen molar-refractivity contribution in [2.45, 2.75) is 58.0 Å². The van der Waals surface area contributed by atoms with Crippen molar-refractivity contribution in [1.29, 1.82) is 0 Å². The van der Waals surface area contributed by atoms with Gasteiger partial charge in [0.2, 0.25) is 5.91 Å². The van der Waals surface area contributed by atoms with Gasteiger partial charge in [0.15, 0.2) is 11.7 Å². The number of pyridine rings is 1. The lowest BCUT2D eigenvalue weighted by atomic mass is 9.95. The molecule has 166 valence electrons. The van der Waals surface area contributed by atoms with Crippen molar-refractivity contribution in [2.75, 3.05) is 4.90 Å². The largest absolute Gasteiger partial charge is 0.351 e. The summed E-state index contributed by atoms with van der Waals surface area (Å²) in [6.45, 7) is 4.01. The minimum atomic E-state index is -0.922. The summed E-state index contributed by atoms with van der Waals surface area (Å²) in [4.78, 5) is 33.3. The maximum atomic E-state index is 13.7. The van der Waals surface area contributed by atoms with Crippen LogP contribution in [-0.2, 0) is 4.79 Å². The number of carbonyl (C=O) groups is 2. The SMILES string of the molecule is Cc1ccc(N(C(=O)c2csnn2)[C@H](C(=O)NC2CCCCC2)c2ccccn2)cc1C. The number of hydrogen-bond acceptors (Lipinski definition) is 6. The highest BCUT2D eigenvalue weighted by Gasteiger charge is 2.36. The topological polar surface area (TPSA) is 88.1 Å². The monoisotopic (exact) mass is 449 g/mol. The molecule has 1 aliphatic carbocycles. The number of carbonyl (C=O) groups excluding carboxylic acids is 2. The molecule has 1 saturated carbocycles. The molecule has 7 nitrogen and oxygen atoms in total. The van der Waals surface area contributed by atoms with Gasteiger partial charge in [-0.1, -0.05) is 35.9 Å². The Labute approximate surface area is 192 Å². The zero-order valence-corrected chi connectivity index (χ0v) is 19.1. The molecule has 0 aliphatic heterocycles. The second kappa shape index (κ2) is 9.99. The molecule has 1 N–H and O–H groups in total. The lowest BCUT2D eigenvalue weighted by Crippen LogP contribution is -2.47. The fourth-order valence-corrected chi connectivity index (χ4v) is 4.52. The molecule has 1 atom stereocenters. The molecule has 0 bridgehead atoms. The first-order valence-corrected chi connectivity index (χ1v) is 11.8. The first-order valence-electron chi connectivity index (χ1n) is 10.9. The summed E-state index contributed by atoms with van der Waals surface area (Å²) in [7, 11) is 0. The summed E-state index contributed by atoms with van der Waals surface area (Å²) in [5, 5.41) is 8.77. The second-order valence-corrected chi connectivity index (χ2v) is 8.84. The number of aromatic nitrogens is 3. The van der Waals surface area contributed by atoms with E-state index in [9.17, 15) is 9.59 Å². The van der Waals surface area contributed by atoms with E-state index in [-0.39, 0.29) is 23.6 Å². The first kappa shape index (κ1) is 22.1. The molecule has 2 aromatic heterocycles. The molecule has 1 aliphatic rings. The van der Waals surface area contributed by atoms with Gasteiger partial charge < -0.3 is 5.32 Å². The minimum Gasteiger partial charge on any atom is -0.351 e. The van der Waals surface area contributed by atoms with E-state index in [0.29, 0.717) is 11.4 Å². The Morgan fingerprint density at radius 3 is 2.56 bits per heavy atom. The van der Waals surface area contributed by atoms with E-state index in [2.05, 4.69) is 19.9 Å². The molecule has 0 saturated heterocycles. The zero-order valence-electron chi connectivity index (χ0n) is 18.3. The molecule has 1 aromatic carbocycles. The fraction of sp³-hybridized carbons (Fsp3) is 0.375. The molecule has 2 amide bonds. The Morgan fingerprint density at radius 1 is 1.09 bits per heavy atom. The Balaban J connectivity index is 1.79. The predicted octanol–water partition coefficient (Wildman–Crippen LogP) is 4.39.